The first-order valence-corrected chi connectivity index (χ1v) is 12.0. The van der Waals surface area contributed by atoms with Crippen molar-refractivity contribution in [1.29, 1.82) is 0 Å². The number of carbonyl (C=O) groups excluding carboxylic acids is 2. The van der Waals surface area contributed by atoms with Crippen LogP contribution in [0.4, 0.5) is 0 Å². The van der Waals surface area contributed by atoms with E-state index in [0.717, 1.165) is 25.8 Å². The lowest BCUT2D eigenvalue weighted by Gasteiger charge is -2.42. The third-order valence-corrected chi connectivity index (χ3v) is 6.57. The summed E-state index contributed by atoms with van der Waals surface area (Å²) in [4.78, 5) is 26.6. The SMILES string of the molecule is CC(NC(=O)C(N)CCCCNCCC1(O)CC(O)C(O)C(CO)O1)C(=O)N1CCCC1C. The Morgan fingerprint density at radius 3 is 2.64 bits per heavy atom. The fraction of sp³-hybridized carbons (Fsp3) is 0.909. The molecule has 2 rings (SSSR count). The van der Waals surface area contributed by atoms with Crippen molar-refractivity contribution in [3.05, 3.63) is 0 Å². The average Bonchev–Trinajstić information content (AvgIpc) is 3.20. The number of hydrogen-bond donors (Lipinski definition) is 7. The minimum Gasteiger partial charge on any atom is -0.394 e. The lowest BCUT2D eigenvalue weighted by Crippen LogP contribution is -2.56. The zero-order valence-corrected chi connectivity index (χ0v) is 19.8. The molecular formula is C22H42N4O7. The first-order valence-electron chi connectivity index (χ1n) is 12.0. The number of rotatable bonds is 12. The maximum atomic E-state index is 12.5. The highest BCUT2D eigenvalue weighted by molar-refractivity contribution is 5.89. The Hall–Kier alpha value is -1.34. The van der Waals surface area contributed by atoms with Crippen LogP contribution in [0.1, 0.15) is 58.8 Å². The third kappa shape index (κ3) is 8.13. The molecule has 8 N–H and O–H groups in total. The van der Waals surface area contributed by atoms with Gasteiger partial charge in [0.05, 0.1) is 18.8 Å². The van der Waals surface area contributed by atoms with E-state index in [4.69, 9.17) is 10.5 Å². The van der Waals surface area contributed by atoms with Crippen LogP contribution in [-0.2, 0) is 14.3 Å². The molecule has 0 aromatic rings. The number of nitrogens with two attached hydrogens (primary N) is 1. The van der Waals surface area contributed by atoms with Gasteiger partial charge < -0.3 is 46.4 Å². The Bertz CT molecular complexity index is 640. The van der Waals surface area contributed by atoms with Crippen molar-refractivity contribution in [1.82, 2.24) is 15.5 Å². The normalized spacial score (nSPS) is 31.9. The molecule has 7 unspecified atom stereocenters. The number of carbonyl (C=O) groups is 2. The second-order valence-electron chi connectivity index (χ2n) is 9.40. The van der Waals surface area contributed by atoms with Gasteiger partial charge in [-0.2, -0.15) is 0 Å². The van der Waals surface area contributed by atoms with Crippen molar-refractivity contribution in [2.75, 3.05) is 26.2 Å². The highest BCUT2D eigenvalue weighted by Gasteiger charge is 2.44. The molecule has 0 spiro atoms. The summed E-state index contributed by atoms with van der Waals surface area (Å²) < 4.78 is 5.35. The number of hydrogen-bond acceptors (Lipinski definition) is 9. The molecule has 2 amide bonds. The van der Waals surface area contributed by atoms with Gasteiger partial charge >= 0.3 is 0 Å². The second kappa shape index (κ2) is 12.9. The van der Waals surface area contributed by atoms with Crippen LogP contribution < -0.4 is 16.4 Å². The van der Waals surface area contributed by atoms with Gasteiger partial charge in [0.1, 0.15) is 18.2 Å². The van der Waals surface area contributed by atoms with Crippen molar-refractivity contribution in [2.45, 2.75) is 101 Å². The topological polar surface area (TPSA) is 178 Å². The molecule has 33 heavy (non-hydrogen) atoms. The molecule has 2 heterocycles. The largest absolute Gasteiger partial charge is 0.394 e. The fourth-order valence-corrected chi connectivity index (χ4v) is 4.45. The van der Waals surface area contributed by atoms with Crippen LogP contribution in [0.3, 0.4) is 0 Å². The molecule has 7 atom stereocenters. The van der Waals surface area contributed by atoms with Gasteiger partial charge in [-0.25, -0.2) is 0 Å². The molecule has 11 heteroatoms. The predicted octanol–water partition coefficient (Wildman–Crippen LogP) is -1.83. The number of likely N-dealkylation sites (tertiary alicyclic amines) is 1. The standard InChI is InChI=1S/C22H42N4O7/c1-14-6-5-11-26(14)21(31)15(2)25-20(30)16(23)7-3-4-9-24-10-8-22(32)12-17(28)19(29)18(13-27)33-22/h14-19,24,27-29,32H,3-13,23H2,1-2H3,(H,25,30). The van der Waals surface area contributed by atoms with Gasteiger partial charge in [0.25, 0.3) is 0 Å². The van der Waals surface area contributed by atoms with Gasteiger partial charge in [-0.15, -0.1) is 0 Å². The molecule has 2 saturated heterocycles. The summed E-state index contributed by atoms with van der Waals surface area (Å²) in [5.74, 6) is -2.01. The average molecular weight is 475 g/mol. The second-order valence-corrected chi connectivity index (χ2v) is 9.40. The van der Waals surface area contributed by atoms with Crippen molar-refractivity contribution in [3.63, 3.8) is 0 Å². The molecule has 2 fully saturated rings. The monoisotopic (exact) mass is 474 g/mol. The number of nitrogens with one attached hydrogen (secondary N) is 2. The first-order chi connectivity index (χ1) is 15.6. The van der Waals surface area contributed by atoms with Crippen molar-refractivity contribution >= 4 is 11.8 Å². The molecule has 0 saturated carbocycles. The fourth-order valence-electron chi connectivity index (χ4n) is 4.45. The Kier molecular flexibility index (Phi) is 10.9. The summed E-state index contributed by atoms with van der Waals surface area (Å²) in [5.41, 5.74) is 5.98. The van der Waals surface area contributed by atoms with Gasteiger partial charge in [0, 0.05) is 32.0 Å². The van der Waals surface area contributed by atoms with Crippen molar-refractivity contribution in [2.24, 2.45) is 5.73 Å². The number of aliphatic hydroxyl groups excluding tert-OH is 3. The zero-order chi connectivity index (χ0) is 24.6. The van der Waals surface area contributed by atoms with Crippen LogP contribution in [0, 0.1) is 0 Å². The predicted molar refractivity (Wildman–Crippen MR) is 121 cm³/mol. The Labute approximate surface area is 195 Å². The van der Waals surface area contributed by atoms with Gasteiger partial charge in [-0.1, -0.05) is 6.42 Å². The molecule has 0 bridgehead atoms. The molecule has 192 valence electrons. The number of nitrogens with zero attached hydrogens (tertiary/aromatic N) is 1. The van der Waals surface area contributed by atoms with Crippen LogP contribution >= 0.6 is 0 Å². The highest BCUT2D eigenvalue weighted by atomic mass is 16.6. The van der Waals surface area contributed by atoms with E-state index in [0.29, 0.717) is 25.9 Å². The summed E-state index contributed by atoms with van der Waals surface area (Å²) in [6.07, 6.45) is 0.589. The summed E-state index contributed by atoms with van der Waals surface area (Å²) in [7, 11) is 0. The number of aliphatic hydroxyl groups is 4. The maximum absolute atomic E-state index is 12.5. The molecule has 0 aromatic heterocycles. The van der Waals surface area contributed by atoms with E-state index < -0.39 is 42.8 Å². The van der Waals surface area contributed by atoms with Crippen LogP contribution in [0.25, 0.3) is 0 Å². The number of ether oxygens (including phenoxy) is 1. The van der Waals surface area contributed by atoms with Crippen molar-refractivity contribution < 1.29 is 34.8 Å². The minimum absolute atomic E-state index is 0.0688. The van der Waals surface area contributed by atoms with Crippen LogP contribution in [-0.4, -0.2) is 106 Å². The molecular weight excluding hydrogens is 432 g/mol. The van der Waals surface area contributed by atoms with Gasteiger partial charge in [0.15, 0.2) is 5.79 Å². The molecule has 0 radical (unpaired) electrons. The lowest BCUT2D eigenvalue weighted by atomic mass is 9.94. The van der Waals surface area contributed by atoms with E-state index in [9.17, 15) is 30.0 Å². The lowest BCUT2D eigenvalue weighted by molar-refractivity contribution is -0.306. The Morgan fingerprint density at radius 2 is 2.00 bits per heavy atom. The Morgan fingerprint density at radius 1 is 1.27 bits per heavy atom. The zero-order valence-electron chi connectivity index (χ0n) is 19.8. The number of amides is 2. The highest BCUT2D eigenvalue weighted by Crippen LogP contribution is 2.29. The maximum Gasteiger partial charge on any atom is 0.245 e. The smallest absolute Gasteiger partial charge is 0.245 e. The van der Waals surface area contributed by atoms with Gasteiger partial charge in [-0.05, 0) is 46.1 Å². The Balaban J connectivity index is 1.58. The summed E-state index contributed by atoms with van der Waals surface area (Å²) in [6, 6.07) is -1.07. The van der Waals surface area contributed by atoms with E-state index in [1.54, 1.807) is 6.92 Å². The van der Waals surface area contributed by atoms with Crippen molar-refractivity contribution in [3.8, 4) is 0 Å². The van der Waals surface area contributed by atoms with E-state index in [1.807, 2.05) is 11.8 Å². The van der Waals surface area contributed by atoms with E-state index in [2.05, 4.69) is 10.6 Å². The first kappa shape index (κ1) is 27.9. The molecule has 0 aliphatic carbocycles. The van der Waals surface area contributed by atoms with E-state index in [-0.39, 0.29) is 30.7 Å². The molecule has 0 aromatic carbocycles. The summed E-state index contributed by atoms with van der Waals surface area (Å²) in [6.45, 7) is 4.99. The van der Waals surface area contributed by atoms with Crippen LogP contribution in [0.15, 0.2) is 0 Å². The minimum atomic E-state index is -1.61. The van der Waals surface area contributed by atoms with Crippen LogP contribution in [0.5, 0.6) is 0 Å². The molecule has 11 nitrogen and oxygen atoms in total. The quantitative estimate of drug-likeness (QED) is 0.160. The van der Waals surface area contributed by atoms with Gasteiger partial charge in [-0.3, -0.25) is 9.59 Å². The summed E-state index contributed by atoms with van der Waals surface area (Å²) >= 11 is 0. The van der Waals surface area contributed by atoms with E-state index in [1.165, 1.54) is 0 Å². The summed E-state index contributed by atoms with van der Waals surface area (Å²) in [5, 5.41) is 45.2. The van der Waals surface area contributed by atoms with E-state index >= 15 is 0 Å². The van der Waals surface area contributed by atoms with Gasteiger partial charge in [0.2, 0.25) is 11.8 Å². The molecule has 2 aliphatic rings. The molecule has 2 aliphatic heterocycles. The third-order valence-electron chi connectivity index (χ3n) is 6.57. The number of unbranched alkanes of at least 4 members (excludes halogenated alkanes) is 1. The van der Waals surface area contributed by atoms with Crippen LogP contribution in [0.2, 0.25) is 0 Å².